The number of nitro groups is 1. The maximum Gasteiger partial charge on any atom is 0.338 e. The average molecular weight is 453 g/mol. The van der Waals surface area contributed by atoms with Crippen LogP contribution in [0, 0.1) is 38.7 Å². The van der Waals surface area contributed by atoms with E-state index in [0.29, 0.717) is 23.3 Å². The number of allylic oxidation sites excluding steroid dienone is 1. The zero-order valence-corrected chi connectivity index (χ0v) is 19.3. The fourth-order valence-electron chi connectivity index (χ4n) is 7.62. The summed E-state index contributed by atoms with van der Waals surface area (Å²) in [6.07, 6.45) is 10.2. The zero-order chi connectivity index (χ0) is 23.4. The Morgan fingerprint density at radius 3 is 2.52 bits per heavy atom. The van der Waals surface area contributed by atoms with Gasteiger partial charge in [0.1, 0.15) is 6.10 Å². The number of nitro benzene ring substituents is 1. The van der Waals surface area contributed by atoms with E-state index in [2.05, 4.69) is 25.1 Å². The molecule has 4 aliphatic carbocycles. The molecule has 1 aromatic rings. The van der Waals surface area contributed by atoms with Crippen LogP contribution in [0.4, 0.5) is 5.69 Å². The maximum absolute atomic E-state index is 12.6. The second-order valence-electron chi connectivity index (χ2n) is 10.9. The number of hydrogen-bond donors (Lipinski definition) is 1. The van der Waals surface area contributed by atoms with E-state index in [9.17, 15) is 20.1 Å². The molecule has 3 saturated carbocycles. The Morgan fingerprint density at radius 2 is 1.82 bits per heavy atom. The molecule has 0 heterocycles. The number of non-ortho nitro benzene ring substituents is 1. The van der Waals surface area contributed by atoms with Crippen LogP contribution in [0.15, 0.2) is 41.1 Å². The molecule has 176 valence electrons. The molecule has 33 heavy (non-hydrogen) atoms. The number of esters is 1. The van der Waals surface area contributed by atoms with Crippen LogP contribution in [-0.2, 0) is 4.74 Å². The van der Waals surface area contributed by atoms with Crippen LogP contribution in [0.1, 0.15) is 75.6 Å². The van der Waals surface area contributed by atoms with E-state index in [-0.39, 0.29) is 22.6 Å². The first-order valence-corrected chi connectivity index (χ1v) is 12.1. The Kier molecular flexibility index (Phi) is 5.33. The molecule has 7 heteroatoms. The number of oxime groups is 1. The molecule has 1 aromatic carbocycles. The van der Waals surface area contributed by atoms with Gasteiger partial charge in [-0.05, 0) is 80.2 Å². The first kappa shape index (κ1) is 22.1. The highest BCUT2D eigenvalue weighted by Crippen LogP contribution is 2.64. The van der Waals surface area contributed by atoms with Crippen LogP contribution in [0.5, 0.6) is 0 Å². The van der Waals surface area contributed by atoms with Gasteiger partial charge in [0.15, 0.2) is 0 Å². The maximum atomic E-state index is 12.6. The Bertz CT molecular complexity index is 1030. The Labute approximate surface area is 194 Å². The molecular weight excluding hydrogens is 420 g/mol. The molecule has 0 unspecified atom stereocenters. The highest BCUT2D eigenvalue weighted by atomic mass is 16.6. The van der Waals surface area contributed by atoms with Gasteiger partial charge in [-0.3, -0.25) is 10.1 Å². The molecule has 3 fully saturated rings. The molecule has 0 amide bonds. The van der Waals surface area contributed by atoms with E-state index in [4.69, 9.17) is 4.74 Å². The Morgan fingerprint density at radius 1 is 1.12 bits per heavy atom. The lowest BCUT2D eigenvalue weighted by atomic mass is 9.48. The topological polar surface area (TPSA) is 102 Å². The summed E-state index contributed by atoms with van der Waals surface area (Å²) < 4.78 is 5.83. The van der Waals surface area contributed by atoms with Gasteiger partial charge in [-0.2, -0.15) is 0 Å². The van der Waals surface area contributed by atoms with Crippen molar-refractivity contribution in [2.75, 3.05) is 0 Å². The number of rotatable bonds is 3. The predicted molar refractivity (Wildman–Crippen MR) is 123 cm³/mol. The minimum Gasteiger partial charge on any atom is -0.458 e. The van der Waals surface area contributed by atoms with E-state index in [1.165, 1.54) is 29.8 Å². The van der Waals surface area contributed by atoms with Gasteiger partial charge in [-0.25, -0.2) is 4.79 Å². The Balaban J connectivity index is 1.29. The third-order valence-corrected chi connectivity index (χ3v) is 9.51. The summed E-state index contributed by atoms with van der Waals surface area (Å²) >= 11 is 0. The van der Waals surface area contributed by atoms with Gasteiger partial charge in [0.2, 0.25) is 0 Å². The molecule has 0 aromatic heterocycles. The van der Waals surface area contributed by atoms with Crippen molar-refractivity contribution in [2.45, 2.75) is 71.3 Å². The fraction of sp³-hybridized carbons (Fsp3) is 0.615. The van der Waals surface area contributed by atoms with Crippen LogP contribution in [0.3, 0.4) is 0 Å². The number of carbonyl (C=O) groups is 1. The number of nitrogens with zero attached hydrogens (tertiary/aromatic N) is 2. The standard InChI is InChI=1S/C26H32N2O5/c1-25-13-11-19(33-24(29)16-3-6-18(7-4-16)28(31)32)15-17(25)5-8-20-21-9-10-23(27-30)26(21,2)14-12-22(20)25/h3-7,19-22,30H,8-15H2,1-2H3/b27-23+/t19-,20-,21-,22-,25-,26-/m0/s1. The minimum absolute atomic E-state index is 0.0368. The molecular formula is C26H32N2O5. The van der Waals surface area contributed by atoms with E-state index in [1.807, 2.05) is 0 Å². The molecule has 7 nitrogen and oxygen atoms in total. The quantitative estimate of drug-likeness (QED) is 0.202. The number of ether oxygens (including phenoxy) is 1. The van der Waals surface area contributed by atoms with Crippen molar-refractivity contribution in [1.29, 1.82) is 0 Å². The molecule has 0 saturated heterocycles. The smallest absolute Gasteiger partial charge is 0.338 e. The zero-order valence-electron chi connectivity index (χ0n) is 19.3. The number of benzene rings is 1. The molecule has 0 bridgehead atoms. The van der Waals surface area contributed by atoms with Crippen LogP contribution in [0.2, 0.25) is 0 Å². The van der Waals surface area contributed by atoms with Gasteiger partial charge >= 0.3 is 5.97 Å². The van der Waals surface area contributed by atoms with Crippen molar-refractivity contribution in [2.24, 2.45) is 33.7 Å². The van der Waals surface area contributed by atoms with Crippen LogP contribution in [-0.4, -0.2) is 27.9 Å². The molecule has 4 aliphatic rings. The summed E-state index contributed by atoms with van der Waals surface area (Å²) in [6, 6.07) is 5.60. The van der Waals surface area contributed by atoms with Crippen LogP contribution in [0.25, 0.3) is 0 Å². The normalized spacial score (nSPS) is 38.6. The molecule has 5 rings (SSSR count). The molecule has 0 spiro atoms. The van der Waals surface area contributed by atoms with E-state index >= 15 is 0 Å². The summed E-state index contributed by atoms with van der Waals surface area (Å²) in [6.45, 7) is 4.70. The van der Waals surface area contributed by atoms with Crippen molar-refractivity contribution >= 4 is 17.4 Å². The van der Waals surface area contributed by atoms with Crippen molar-refractivity contribution in [3.63, 3.8) is 0 Å². The fourth-order valence-corrected chi connectivity index (χ4v) is 7.62. The third-order valence-electron chi connectivity index (χ3n) is 9.51. The molecule has 1 N–H and O–H groups in total. The summed E-state index contributed by atoms with van der Waals surface area (Å²) in [5.74, 6) is 1.41. The summed E-state index contributed by atoms with van der Waals surface area (Å²) in [5.41, 5.74) is 2.90. The minimum atomic E-state index is -0.475. The molecule has 0 radical (unpaired) electrons. The van der Waals surface area contributed by atoms with Gasteiger partial charge in [0, 0.05) is 24.0 Å². The number of fused-ring (bicyclic) bond motifs is 5. The van der Waals surface area contributed by atoms with E-state index in [0.717, 1.165) is 57.1 Å². The van der Waals surface area contributed by atoms with Crippen molar-refractivity contribution < 1.29 is 19.7 Å². The van der Waals surface area contributed by atoms with Gasteiger partial charge in [0.25, 0.3) is 5.69 Å². The second-order valence-corrected chi connectivity index (χ2v) is 10.9. The van der Waals surface area contributed by atoms with Gasteiger partial charge < -0.3 is 9.94 Å². The summed E-state index contributed by atoms with van der Waals surface area (Å²) in [4.78, 5) is 23.0. The highest BCUT2D eigenvalue weighted by molar-refractivity contribution is 5.92. The second kappa shape index (κ2) is 7.96. The van der Waals surface area contributed by atoms with Gasteiger partial charge in [-0.15, -0.1) is 0 Å². The highest BCUT2D eigenvalue weighted by Gasteiger charge is 2.58. The van der Waals surface area contributed by atoms with E-state index < -0.39 is 10.9 Å². The SMILES string of the molecule is C[C@]12CC[C@H](OC(=O)c3ccc([N+](=O)[O-])cc3)CC1=CC[C@@H]1[C@@H]2CC[C@]2(C)/C(=N/O)CC[C@@H]12. The first-order chi connectivity index (χ1) is 15.8. The number of hydrogen-bond acceptors (Lipinski definition) is 6. The summed E-state index contributed by atoms with van der Waals surface area (Å²) in [5, 5.41) is 24.0. The van der Waals surface area contributed by atoms with E-state index in [1.54, 1.807) is 0 Å². The summed E-state index contributed by atoms with van der Waals surface area (Å²) in [7, 11) is 0. The molecule has 6 atom stereocenters. The lowest BCUT2D eigenvalue weighted by molar-refractivity contribution is -0.384. The van der Waals surface area contributed by atoms with Gasteiger partial charge in [-0.1, -0.05) is 30.7 Å². The Hall–Kier alpha value is -2.70. The largest absolute Gasteiger partial charge is 0.458 e. The predicted octanol–water partition coefficient (Wildman–Crippen LogP) is 5.91. The lowest BCUT2D eigenvalue weighted by Gasteiger charge is -2.57. The number of carbonyl (C=O) groups excluding carboxylic acids is 1. The van der Waals surface area contributed by atoms with Crippen molar-refractivity contribution in [1.82, 2.24) is 0 Å². The monoisotopic (exact) mass is 452 g/mol. The third kappa shape index (κ3) is 3.47. The first-order valence-electron chi connectivity index (χ1n) is 12.1. The van der Waals surface area contributed by atoms with Crippen LogP contribution >= 0.6 is 0 Å². The van der Waals surface area contributed by atoms with Crippen LogP contribution < -0.4 is 0 Å². The molecule has 0 aliphatic heterocycles. The van der Waals surface area contributed by atoms with Crippen molar-refractivity contribution in [3.8, 4) is 0 Å². The average Bonchev–Trinajstić information content (AvgIpc) is 3.15. The van der Waals surface area contributed by atoms with Gasteiger partial charge in [0.05, 0.1) is 16.2 Å². The lowest BCUT2D eigenvalue weighted by Crippen LogP contribution is -2.50. The van der Waals surface area contributed by atoms with Crippen molar-refractivity contribution in [3.05, 3.63) is 51.6 Å².